The number of benzene rings is 2. The Labute approximate surface area is 136 Å². The van der Waals surface area contributed by atoms with Crippen LogP contribution in [0.5, 0.6) is 0 Å². The predicted octanol–water partition coefficient (Wildman–Crippen LogP) is 1.99. The first kappa shape index (κ1) is 12.0. The van der Waals surface area contributed by atoms with E-state index >= 15 is 0 Å². The third kappa shape index (κ3) is 2.21. The fraction of sp³-hybridized carbons (Fsp3) is 0. The number of para-hydroxylation sites is 2. The van der Waals surface area contributed by atoms with Crippen molar-refractivity contribution in [3.63, 3.8) is 0 Å². The van der Waals surface area contributed by atoms with E-state index in [2.05, 4.69) is 53.4 Å². The predicted molar refractivity (Wildman–Crippen MR) is 88.5 cm³/mol. The Bertz CT molecular complexity index is 829. The van der Waals surface area contributed by atoms with Crippen molar-refractivity contribution >= 4 is 60.6 Å². The van der Waals surface area contributed by atoms with E-state index in [1.54, 1.807) is 6.07 Å². The van der Waals surface area contributed by atoms with Crippen LogP contribution in [0.2, 0.25) is 0 Å². The summed E-state index contributed by atoms with van der Waals surface area (Å²) in [4.78, 5) is 13.6. The molecule has 0 amide bonds. The van der Waals surface area contributed by atoms with E-state index in [1.807, 2.05) is 6.07 Å². The summed E-state index contributed by atoms with van der Waals surface area (Å²) in [5, 5.41) is 0. The Morgan fingerprint density at radius 3 is 2.10 bits per heavy atom. The van der Waals surface area contributed by atoms with Crippen molar-refractivity contribution in [1.29, 1.82) is 0 Å². The molecule has 0 saturated heterocycles. The molecule has 0 saturated carbocycles. The fourth-order valence-corrected chi connectivity index (χ4v) is 6.40. The number of aldehydes is 1. The van der Waals surface area contributed by atoms with Gasteiger partial charge in [0.25, 0.3) is 0 Å². The summed E-state index contributed by atoms with van der Waals surface area (Å²) in [6, 6.07) is 20.7. The van der Waals surface area contributed by atoms with Crippen LogP contribution in [0.3, 0.4) is 0 Å². The zero-order valence-corrected chi connectivity index (χ0v) is 14.4. The minimum atomic E-state index is -0.561. The number of rotatable bonds is 2. The zero-order valence-electron chi connectivity index (χ0n) is 11.9. The van der Waals surface area contributed by atoms with Gasteiger partial charge in [-0.05, 0) is 0 Å². The number of nitrogens with zero attached hydrogens (tertiary/aromatic N) is 1. The molecule has 0 fully saturated rings. The minimum absolute atomic E-state index is 0.108. The van der Waals surface area contributed by atoms with Gasteiger partial charge in [-0.3, -0.25) is 0 Å². The van der Waals surface area contributed by atoms with Crippen LogP contribution in [0.25, 0.3) is 0 Å². The third-order valence-electron chi connectivity index (χ3n) is 3.35. The molecule has 0 unspecified atom stereocenters. The van der Waals surface area contributed by atoms with Gasteiger partial charge < -0.3 is 0 Å². The Hall–Kier alpha value is -1.57. The van der Waals surface area contributed by atoms with Crippen LogP contribution in [0.4, 0.5) is 15.9 Å². The van der Waals surface area contributed by atoms with Crippen LogP contribution in [0.1, 0.15) is 10.6 Å². The molecule has 1 aromatic heterocycles. The molecule has 1 aliphatic heterocycles. The molecule has 2 heterocycles. The Kier molecular flexibility index (Phi) is 3.05. The van der Waals surface area contributed by atoms with Gasteiger partial charge in [-0.1, -0.05) is 0 Å². The molecule has 102 valence electrons. The van der Waals surface area contributed by atoms with E-state index in [9.17, 15) is 4.79 Å². The molecule has 0 bridgehead atoms. The second kappa shape index (κ2) is 5.32. The van der Waals surface area contributed by atoms with Crippen molar-refractivity contribution in [3.05, 3.63) is 65.1 Å². The quantitative estimate of drug-likeness (QED) is 0.376. The first-order valence-electron chi connectivity index (χ1n) is 7.01. The summed E-state index contributed by atoms with van der Waals surface area (Å²) >= 11 is 0.195. The molecule has 0 N–H and O–H groups in total. The van der Waals surface area contributed by atoms with Gasteiger partial charge in [0.05, 0.1) is 0 Å². The monoisotopic (exact) mass is 406 g/mol. The van der Waals surface area contributed by atoms with Crippen molar-refractivity contribution in [2.24, 2.45) is 0 Å². The number of carbonyl (C=O) groups excluding carboxylic acids is 1. The summed E-state index contributed by atoms with van der Waals surface area (Å²) in [6.07, 6.45) is -0.561. The van der Waals surface area contributed by atoms with Crippen LogP contribution in [-0.4, -0.2) is 35.7 Å². The number of carbonyl (C=O) groups is 1. The van der Waals surface area contributed by atoms with Crippen molar-refractivity contribution in [1.82, 2.24) is 0 Å². The molecule has 1 aliphatic rings. The first-order valence-corrected chi connectivity index (χ1v) is 9.93. The summed E-state index contributed by atoms with van der Waals surface area (Å²) in [6.45, 7) is 0. The maximum atomic E-state index is 11.3. The molecule has 21 heavy (non-hydrogen) atoms. The van der Waals surface area contributed by atoms with Crippen molar-refractivity contribution < 1.29 is 6.17 Å². The van der Waals surface area contributed by atoms with Gasteiger partial charge in [0.2, 0.25) is 0 Å². The van der Waals surface area contributed by atoms with E-state index < -0.39 is 6.26 Å². The molecular weight excluding hydrogens is 392 g/mol. The number of hydrogen-bond acceptors (Lipinski definition) is 2. The molecular formula is C17H11NOSe2. The van der Waals surface area contributed by atoms with Gasteiger partial charge >= 0.3 is 137 Å². The molecule has 4 rings (SSSR count). The van der Waals surface area contributed by atoms with Gasteiger partial charge in [0.15, 0.2) is 0 Å². The Morgan fingerprint density at radius 2 is 1.52 bits per heavy atom. The average molecular weight is 404 g/mol. The van der Waals surface area contributed by atoms with E-state index in [-0.39, 0.29) is 14.5 Å². The number of hydrogen-bond donors (Lipinski definition) is 0. The summed E-state index contributed by atoms with van der Waals surface area (Å²) < 4.78 is 11.8. The van der Waals surface area contributed by atoms with Gasteiger partial charge in [-0.2, -0.15) is 0 Å². The van der Waals surface area contributed by atoms with E-state index in [1.165, 1.54) is 20.3 Å². The van der Waals surface area contributed by atoms with Crippen molar-refractivity contribution in [3.8, 4) is 0 Å². The van der Waals surface area contributed by atoms with Gasteiger partial charge in [0.1, 0.15) is 0 Å². The molecule has 0 radical (unpaired) electrons. The SMILES string of the molecule is [2H]C(=O)c1ccc(N2c3ccccc3[Se]c3ccccc32)[se]1. The van der Waals surface area contributed by atoms with Crippen molar-refractivity contribution in [2.45, 2.75) is 0 Å². The Morgan fingerprint density at radius 1 is 0.905 bits per heavy atom. The molecule has 0 spiro atoms. The molecule has 2 nitrogen and oxygen atoms in total. The average Bonchev–Trinajstić information content (AvgIpc) is 3.02. The summed E-state index contributed by atoms with van der Waals surface area (Å²) in [5.41, 5.74) is 2.42. The van der Waals surface area contributed by atoms with E-state index in [0.717, 1.165) is 4.56 Å². The van der Waals surface area contributed by atoms with E-state index in [4.69, 9.17) is 1.37 Å². The molecule has 2 aromatic carbocycles. The third-order valence-corrected chi connectivity index (χ3v) is 7.75. The van der Waals surface area contributed by atoms with E-state index in [0.29, 0.717) is 19.4 Å². The second-order valence-electron chi connectivity index (χ2n) is 4.61. The van der Waals surface area contributed by atoms with Crippen LogP contribution in [0.15, 0.2) is 60.7 Å². The summed E-state index contributed by atoms with van der Waals surface area (Å²) in [7, 11) is 0. The standard InChI is InChI=1S/C17H11NOSe2/c19-11-12-9-10-17(20-12)18-13-5-1-3-7-15(13)21-16-8-4-2-6-14(16)18/h1-11H/i11D. The normalized spacial score (nSPS) is 13.3. The van der Waals surface area contributed by atoms with Crippen LogP contribution in [-0.2, 0) is 0 Å². The zero-order chi connectivity index (χ0) is 15.1. The second-order valence-corrected chi connectivity index (χ2v) is 9.12. The van der Waals surface area contributed by atoms with Crippen LogP contribution >= 0.6 is 0 Å². The maximum absolute atomic E-state index is 11.3. The molecule has 0 aliphatic carbocycles. The Balaban J connectivity index is 1.92. The molecule has 4 heteroatoms. The fourth-order valence-electron chi connectivity index (χ4n) is 2.44. The molecule has 3 aromatic rings. The first-order chi connectivity index (χ1) is 10.7. The topological polar surface area (TPSA) is 20.3 Å². The van der Waals surface area contributed by atoms with Gasteiger partial charge in [0, 0.05) is 0 Å². The molecule has 0 atom stereocenters. The number of anilines is 3. The van der Waals surface area contributed by atoms with Crippen LogP contribution in [0, 0.1) is 0 Å². The van der Waals surface area contributed by atoms with Gasteiger partial charge in [-0.15, -0.1) is 0 Å². The van der Waals surface area contributed by atoms with Crippen molar-refractivity contribution in [2.75, 3.05) is 4.90 Å². The summed E-state index contributed by atoms with van der Waals surface area (Å²) in [5.74, 6) is 0. The number of fused-ring (bicyclic) bond motifs is 2. The van der Waals surface area contributed by atoms with Gasteiger partial charge in [-0.25, -0.2) is 0 Å². The van der Waals surface area contributed by atoms with Crippen LogP contribution < -0.4 is 13.8 Å².